The number of primary amides is 1. The number of hydrogen-bond donors (Lipinski definition) is 1. The molecule has 0 saturated heterocycles. The molecular formula is C22H17F2NO4S. The normalized spacial score (nSPS) is 11.6. The van der Waals surface area contributed by atoms with Crippen molar-refractivity contribution in [1.29, 1.82) is 0 Å². The summed E-state index contributed by atoms with van der Waals surface area (Å²) in [5.74, 6) is -2.28. The number of amides is 1. The van der Waals surface area contributed by atoms with Crippen molar-refractivity contribution in [2.75, 3.05) is 7.11 Å². The summed E-state index contributed by atoms with van der Waals surface area (Å²) in [5.41, 5.74) is 5.93. The second-order valence-electron chi connectivity index (χ2n) is 6.27. The zero-order chi connectivity index (χ0) is 21.9. The number of carbonyl (C=O) groups excluding carboxylic acids is 1. The van der Waals surface area contributed by atoms with Gasteiger partial charge in [0.2, 0.25) is 15.7 Å². The van der Waals surface area contributed by atoms with Crippen LogP contribution in [-0.4, -0.2) is 21.4 Å². The lowest BCUT2D eigenvalue weighted by molar-refractivity contribution is 0.0996. The number of carbonyl (C=O) groups is 1. The molecule has 5 nitrogen and oxygen atoms in total. The van der Waals surface area contributed by atoms with E-state index in [4.69, 9.17) is 10.5 Å². The van der Waals surface area contributed by atoms with Crippen LogP contribution in [0.15, 0.2) is 70.5 Å². The monoisotopic (exact) mass is 429 g/mol. The van der Waals surface area contributed by atoms with Crippen molar-refractivity contribution in [2.24, 2.45) is 5.73 Å². The maximum Gasteiger partial charge on any atom is 0.250 e. The second kappa shape index (κ2) is 8.46. The van der Waals surface area contributed by atoms with Crippen molar-refractivity contribution < 1.29 is 26.7 Å². The maximum absolute atomic E-state index is 13.7. The summed E-state index contributed by atoms with van der Waals surface area (Å²) < 4.78 is 58.0. The predicted molar refractivity (Wildman–Crippen MR) is 109 cm³/mol. The van der Waals surface area contributed by atoms with Gasteiger partial charge in [0.1, 0.15) is 22.3 Å². The molecule has 3 aromatic carbocycles. The molecule has 2 N–H and O–H groups in total. The zero-order valence-corrected chi connectivity index (χ0v) is 16.6. The van der Waals surface area contributed by atoms with Crippen LogP contribution in [0.3, 0.4) is 0 Å². The van der Waals surface area contributed by atoms with E-state index in [0.717, 1.165) is 12.1 Å². The van der Waals surface area contributed by atoms with Gasteiger partial charge in [-0.3, -0.25) is 4.79 Å². The van der Waals surface area contributed by atoms with Gasteiger partial charge in [0.15, 0.2) is 0 Å². The molecule has 3 rings (SSSR count). The van der Waals surface area contributed by atoms with E-state index in [2.05, 4.69) is 0 Å². The summed E-state index contributed by atoms with van der Waals surface area (Å²) in [6.45, 7) is 0. The van der Waals surface area contributed by atoms with E-state index in [9.17, 15) is 22.0 Å². The molecule has 0 aromatic heterocycles. The maximum atomic E-state index is 13.7. The molecule has 0 fully saturated rings. The Morgan fingerprint density at radius 2 is 1.70 bits per heavy atom. The van der Waals surface area contributed by atoms with Gasteiger partial charge in [-0.05, 0) is 42.0 Å². The van der Waals surface area contributed by atoms with Crippen LogP contribution < -0.4 is 10.5 Å². The first-order chi connectivity index (χ1) is 14.2. The minimum absolute atomic E-state index is 0.00190. The van der Waals surface area contributed by atoms with Crippen molar-refractivity contribution in [2.45, 2.75) is 9.79 Å². The van der Waals surface area contributed by atoms with Crippen LogP contribution in [0.25, 0.3) is 12.2 Å². The Labute approximate surface area is 172 Å². The van der Waals surface area contributed by atoms with Crippen LogP contribution in [0, 0.1) is 11.6 Å². The summed E-state index contributed by atoms with van der Waals surface area (Å²) in [6.07, 6.45) is 3.01. The number of ether oxygens (including phenoxy) is 1. The number of halogens is 2. The van der Waals surface area contributed by atoms with E-state index < -0.39 is 27.4 Å². The number of benzene rings is 3. The first kappa shape index (κ1) is 21.2. The average Bonchev–Trinajstić information content (AvgIpc) is 2.72. The number of nitrogens with two attached hydrogens (primary N) is 1. The van der Waals surface area contributed by atoms with Gasteiger partial charge >= 0.3 is 0 Å². The Bertz CT molecular complexity index is 1240. The van der Waals surface area contributed by atoms with Gasteiger partial charge in [-0.1, -0.05) is 30.4 Å². The van der Waals surface area contributed by atoms with Gasteiger partial charge in [0.05, 0.1) is 17.6 Å². The van der Waals surface area contributed by atoms with E-state index in [1.807, 2.05) is 0 Å². The van der Waals surface area contributed by atoms with Gasteiger partial charge in [0, 0.05) is 11.6 Å². The topological polar surface area (TPSA) is 86.5 Å². The lowest BCUT2D eigenvalue weighted by Gasteiger charge is -2.13. The Morgan fingerprint density at radius 3 is 2.30 bits per heavy atom. The van der Waals surface area contributed by atoms with Crippen LogP contribution in [0.2, 0.25) is 0 Å². The quantitative estimate of drug-likeness (QED) is 0.599. The first-order valence-corrected chi connectivity index (χ1v) is 10.2. The fraction of sp³-hybridized carbons (Fsp3) is 0.0455. The van der Waals surface area contributed by atoms with Crippen molar-refractivity contribution in [3.63, 3.8) is 0 Å². The third kappa shape index (κ3) is 4.23. The van der Waals surface area contributed by atoms with Crippen LogP contribution in [0.4, 0.5) is 8.78 Å². The molecule has 0 bridgehead atoms. The molecule has 8 heteroatoms. The minimum atomic E-state index is -4.10. The molecule has 0 spiro atoms. The fourth-order valence-electron chi connectivity index (χ4n) is 2.85. The SMILES string of the molecule is COc1cccc(C(N)=O)c1S(=O)(=O)c1ccc(/C=C/c2ccc(F)cc2F)cc1. The molecule has 0 aliphatic carbocycles. The van der Waals surface area contributed by atoms with Gasteiger partial charge in [-0.15, -0.1) is 0 Å². The molecule has 0 unspecified atom stereocenters. The van der Waals surface area contributed by atoms with Gasteiger partial charge in [-0.2, -0.15) is 0 Å². The highest BCUT2D eigenvalue weighted by Crippen LogP contribution is 2.32. The fourth-order valence-corrected chi connectivity index (χ4v) is 4.45. The first-order valence-electron chi connectivity index (χ1n) is 8.69. The summed E-state index contributed by atoms with van der Waals surface area (Å²) in [5, 5.41) is 0. The number of rotatable bonds is 6. The minimum Gasteiger partial charge on any atom is -0.495 e. The van der Waals surface area contributed by atoms with E-state index >= 15 is 0 Å². The van der Waals surface area contributed by atoms with E-state index in [1.54, 1.807) is 6.08 Å². The lowest BCUT2D eigenvalue weighted by atomic mass is 10.1. The molecule has 0 aliphatic rings. The molecule has 1 amide bonds. The number of methoxy groups -OCH3 is 1. The molecule has 0 heterocycles. The Morgan fingerprint density at radius 1 is 1.00 bits per heavy atom. The molecular weight excluding hydrogens is 412 g/mol. The standard InChI is InChI=1S/C22H17F2NO4S/c1-29-20-4-2-3-18(22(25)26)21(20)30(27,28)17-11-6-14(7-12-17)5-8-15-9-10-16(23)13-19(15)24/h2-13H,1H3,(H2,25,26)/b8-5+. The van der Waals surface area contributed by atoms with Crippen LogP contribution in [0.5, 0.6) is 5.75 Å². The molecule has 0 aliphatic heterocycles. The largest absolute Gasteiger partial charge is 0.495 e. The van der Waals surface area contributed by atoms with E-state index in [-0.39, 0.29) is 26.7 Å². The highest BCUT2D eigenvalue weighted by atomic mass is 32.2. The molecule has 0 saturated carbocycles. The smallest absolute Gasteiger partial charge is 0.250 e. The highest BCUT2D eigenvalue weighted by molar-refractivity contribution is 7.91. The highest BCUT2D eigenvalue weighted by Gasteiger charge is 2.27. The Hall–Kier alpha value is -3.52. The van der Waals surface area contributed by atoms with Crippen molar-refractivity contribution >= 4 is 27.9 Å². The summed E-state index contributed by atoms with van der Waals surface area (Å²) in [4.78, 5) is 11.4. The molecule has 0 atom stereocenters. The Kier molecular flexibility index (Phi) is 5.98. The lowest BCUT2D eigenvalue weighted by Crippen LogP contribution is -2.17. The van der Waals surface area contributed by atoms with Crippen molar-refractivity contribution in [3.8, 4) is 5.75 Å². The van der Waals surface area contributed by atoms with Gasteiger partial charge < -0.3 is 10.5 Å². The molecule has 0 radical (unpaired) electrons. The summed E-state index contributed by atoms with van der Waals surface area (Å²) >= 11 is 0. The van der Waals surface area contributed by atoms with Crippen LogP contribution >= 0.6 is 0 Å². The second-order valence-corrected chi connectivity index (χ2v) is 8.16. The number of hydrogen-bond acceptors (Lipinski definition) is 4. The zero-order valence-electron chi connectivity index (χ0n) is 15.8. The van der Waals surface area contributed by atoms with Gasteiger partial charge in [0.25, 0.3) is 0 Å². The molecule has 30 heavy (non-hydrogen) atoms. The summed E-state index contributed by atoms with van der Waals surface area (Å²) in [6, 6.07) is 13.2. The third-order valence-corrected chi connectivity index (χ3v) is 6.19. The van der Waals surface area contributed by atoms with Crippen LogP contribution in [-0.2, 0) is 9.84 Å². The van der Waals surface area contributed by atoms with Crippen molar-refractivity contribution in [1.82, 2.24) is 0 Å². The average molecular weight is 429 g/mol. The molecule has 154 valence electrons. The van der Waals surface area contributed by atoms with E-state index in [0.29, 0.717) is 5.56 Å². The Balaban J connectivity index is 1.96. The van der Waals surface area contributed by atoms with Crippen LogP contribution in [0.1, 0.15) is 21.5 Å². The summed E-state index contributed by atoms with van der Waals surface area (Å²) in [7, 11) is -2.81. The predicted octanol–water partition coefficient (Wildman–Crippen LogP) is 4.08. The van der Waals surface area contributed by atoms with Gasteiger partial charge in [-0.25, -0.2) is 17.2 Å². The van der Waals surface area contributed by atoms with Crippen molar-refractivity contribution in [3.05, 3.63) is 89.0 Å². The number of sulfone groups is 1. The molecule has 3 aromatic rings. The van der Waals surface area contributed by atoms with E-state index in [1.165, 1.54) is 61.7 Å². The third-order valence-electron chi connectivity index (χ3n) is 4.34.